The molecular formula is C43H57NO9. The molecule has 10 nitrogen and oxygen atoms in total. The van der Waals surface area contributed by atoms with Crippen molar-refractivity contribution in [2.75, 3.05) is 34.1 Å². The summed E-state index contributed by atoms with van der Waals surface area (Å²) in [5.74, 6) is -1.17. The molecule has 288 valence electrons. The van der Waals surface area contributed by atoms with Gasteiger partial charge in [0.05, 0.1) is 24.9 Å². The van der Waals surface area contributed by atoms with Gasteiger partial charge in [0.1, 0.15) is 0 Å². The van der Waals surface area contributed by atoms with Gasteiger partial charge in [0.2, 0.25) is 6.79 Å². The molecular weight excluding hydrogens is 674 g/mol. The SMILES string of the molecule is CCc1ccc(-c2ccccc2)cc1.CNCCC[C@H](C)C(=O)O.COC[C@H](C)C(=O)O.Cc1ccc(CC(=O)O)cc1.Cc1ccc2c(c1)OCO2. The number of hydrogen-bond acceptors (Lipinski definition) is 7. The maximum absolute atomic E-state index is 10.3. The van der Waals surface area contributed by atoms with Crippen LogP contribution < -0.4 is 14.8 Å². The lowest BCUT2D eigenvalue weighted by Crippen LogP contribution is -2.14. The number of rotatable bonds is 12. The highest BCUT2D eigenvalue weighted by atomic mass is 16.7. The summed E-state index contributed by atoms with van der Waals surface area (Å²) in [6, 6.07) is 32.7. The molecule has 1 aliphatic heterocycles. The molecule has 4 N–H and O–H groups in total. The zero-order valence-electron chi connectivity index (χ0n) is 32.1. The van der Waals surface area contributed by atoms with E-state index in [1.807, 2.05) is 69.4 Å². The maximum Gasteiger partial charge on any atom is 0.308 e. The summed E-state index contributed by atoms with van der Waals surface area (Å²) in [7, 11) is 3.35. The standard InChI is InChI=1S/C14H14.C9H10O2.C8H8O2.C7H15NO2.C5H10O3/c1-2-12-8-10-14(11-9-12)13-6-4-3-5-7-13;1-7-2-4-8(5-3-7)6-9(10)11;1-6-2-3-7-8(4-6)10-5-9-7;1-6(7(9)10)4-3-5-8-2;1-4(3-8-2)5(6)7/h3-11H,2H2,1H3;2-5H,6H2,1H3,(H,10,11);2-4H,5H2,1H3;6,8H,3-5H2,1-2H3,(H,9,10);4H,3H2,1-2H3,(H,6,7)/t;;;6-;4-/m...00/s1. The molecule has 1 aliphatic rings. The van der Waals surface area contributed by atoms with Crippen LogP contribution >= 0.6 is 0 Å². The number of nitrogens with one attached hydrogen (secondary N) is 1. The quantitative estimate of drug-likeness (QED) is 0.105. The van der Waals surface area contributed by atoms with Crippen molar-refractivity contribution < 1.29 is 43.9 Å². The van der Waals surface area contributed by atoms with E-state index in [1.165, 1.54) is 29.4 Å². The smallest absolute Gasteiger partial charge is 0.308 e. The Morgan fingerprint density at radius 2 is 1.28 bits per heavy atom. The summed E-state index contributed by atoms with van der Waals surface area (Å²) in [5, 5.41) is 28.1. The van der Waals surface area contributed by atoms with Gasteiger partial charge in [-0.15, -0.1) is 0 Å². The Hall–Kier alpha value is -5.19. The number of benzene rings is 4. The third-order valence-electron chi connectivity index (χ3n) is 7.80. The minimum absolute atomic E-state index is 0.111. The van der Waals surface area contributed by atoms with Gasteiger partial charge >= 0.3 is 17.9 Å². The summed E-state index contributed by atoms with van der Waals surface area (Å²) in [4.78, 5) is 30.5. The van der Waals surface area contributed by atoms with Gasteiger partial charge in [-0.3, -0.25) is 14.4 Å². The lowest BCUT2D eigenvalue weighted by molar-refractivity contribution is -0.143. The first-order valence-corrected chi connectivity index (χ1v) is 17.7. The molecule has 2 atom stereocenters. The second-order valence-electron chi connectivity index (χ2n) is 12.5. The number of fused-ring (bicyclic) bond motifs is 1. The molecule has 0 fully saturated rings. The van der Waals surface area contributed by atoms with Gasteiger partial charge in [-0.1, -0.05) is 104 Å². The fraction of sp³-hybridized carbons (Fsp3) is 0.372. The number of carbonyl (C=O) groups is 3. The van der Waals surface area contributed by atoms with E-state index in [0.29, 0.717) is 6.79 Å². The van der Waals surface area contributed by atoms with Crippen LogP contribution in [0.25, 0.3) is 11.1 Å². The second-order valence-corrected chi connectivity index (χ2v) is 12.5. The van der Waals surface area contributed by atoms with Gasteiger partial charge in [-0.25, -0.2) is 0 Å². The lowest BCUT2D eigenvalue weighted by Gasteiger charge is -2.03. The van der Waals surface area contributed by atoms with Crippen LogP contribution in [0.3, 0.4) is 0 Å². The van der Waals surface area contributed by atoms with Crippen molar-refractivity contribution in [3.8, 4) is 22.6 Å². The molecule has 0 aliphatic carbocycles. The van der Waals surface area contributed by atoms with Gasteiger partial charge in [0.25, 0.3) is 0 Å². The largest absolute Gasteiger partial charge is 0.481 e. The van der Waals surface area contributed by atoms with E-state index in [-0.39, 0.29) is 24.9 Å². The van der Waals surface area contributed by atoms with Crippen LogP contribution in [0.4, 0.5) is 0 Å². The monoisotopic (exact) mass is 731 g/mol. The Kier molecular flexibility index (Phi) is 23.0. The fourth-order valence-corrected chi connectivity index (χ4v) is 4.48. The molecule has 0 radical (unpaired) electrons. The Morgan fingerprint density at radius 1 is 0.736 bits per heavy atom. The van der Waals surface area contributed by atoms with Crippen molar-refractivity contribution in [3.05, 3.63) is 119 Å². The highest BCUT2D eigenvalue weighted by Gasteiger charge is 2.11. The number of aliphatic carboxylic acids is 3. The van der Waals surface area contributed by atoms with E-state index in [2.05, 4.69) is 65.5 Å². The van der Waals surface area contributed by atoms with E-state index in [1.54, 1.807) is 13.8 Å². The van der Waals surface area contributed by atoms with Gasteiger partial charge in [-0.2, -0.15) is 0 Å². The van der Waals surface area contributed by atoms with Crippen LogP contribution in [-0.4, -0.2) is 67.3 Å². The van der Waals surface area contributed by atoms with Crippen LogP contribution in [0.5, 0.6) is 11.5 Å². The topological polar surface area (TPSA) is 152 Å². The Balaban J connectivity index is 0.000000336. The molecule has 0 amide bonds. The van der Waals surface area contributed by atoms with Crippen molar-refractivity contribution in [2.24, 2.45) is 11.8 Å². The van der Waals surface area contributed by atoms with Gasteiger partial charge in [-0.05, 0) is 93.6 Å². The minimum Gasteiger partial charge on any atom is -0.481 e. The van der Waals surface area contributed by atoms with Crippen molar-refractivity contribution >= 4 is 17.9 Å². The first-order chi connectivity index (χ1) is 25.3. The summed E-state index contributed by atoms with van der Waals surface area (Å²) < 4.78 is 14.9. The molecule has 53 heavy (non-hydrogen) atoms. The van der Waals surface area contributed by atoms with E-state index in [0.717, 1.165) is 48.4 Å². The zero-order chi connectivity index (χ0) is 39.6. The Morgan fingerprint density at radius 3 is 1.79 bits per heavy atom. The molecule has 0 unspecified atom stereocenters. The predicted octanol–water partition coefficient (Wildman–Crippen LogP) is 8.32. The van der Waals surface area contributed by atoms with E-state index < -0.39 is 17.9 Å². The number of carboxylic acids is 3. The van der Waals surface area contributed by atoms with Crippen molar-refractivity contribution in [3.63, 3.8) is 0 Å². The van der Waals surface area contributed by atoms with Crippen LogP contribution in [0.1, 0.15) is 55.9 Å². The molecule has 0 spiro atoms. The first kappa shape index (κ1) is 45.8. The van der Waals surface area contributed by atoms with Gasteiger partial charge in [0, 0.05) is 7.11 Å². The normalized spacial score (nSPS) is 11.7. The van der Waals surface area contributed by atoms with Crippen LogP contribution in [0, 0.1) is 25.7 Å². The van der Waals surface area contributed by atoms with Crippen molar-refractivity contribution in [1.82, 2.24) is 5.32 Å². The third-order valence-corrected chi connectivity index (χ3v) is 7.80. The highest BCUT2D eigenvalue weighted by molar-refractivity contribution is 5.70. The van der Waals surface area contributed by atoms with Crippen LogP contribution in [0.2, 0.25) is 0 Å². The van der Waals surface area contributed by atoms with Crippen LogP contribution in [-0.2, 0) is 32.0 Å². The van der Waals surface area contributed by atoms with Crippen molar-refractivity contribution in [2.45, 2.75) is 60.3 Å². The van der Waals surface area contributed by atoms with Gasteiger partial charge < -0.3 is 34.8 Å². The number of ether oxygens (including phenoxy) is 3. The van der Waals surface area contributed by atoms with E-state index in [9.17, 15) is 14.4 Å². The molecule has 0 aromatic heterocycles. The van der Waals surface area contributed by atoms with Crippen molar-refractivity contribution in [1.29, 1.82) is 0 Å². The number of methoxy groups -OCH3 is 1. The third kappa shape index (κ3) is 20.4. The molecule has 1 heterocycles. The summed E-state index contributed by atoms with van der Waals surface area (Å²) in [6.07, 6.45) is 2.91. The first-order valence-electron chi connectivity index (χ1n) is 17.7. The number of carboxylic acid groups (broad SMARTS) is 3. The summed E-state index contributed by atoms with van der Waals surface area (Å²) >= 11 is 0. The Labute approximate surface area is 314 Å². The maximum atomic E-state index is 10.3. The average Bonchev–Trinajstić information content (AvgIpc) is 3.62. The highest BCUT2D eigenvalue weighted by Crippen LogP contribution is 2.32. The second kappa shape index (κ2) is 26.6. The summed E-state index contributed by atoms with van der Waals surface area (Å²) in [5.41, 5.74) is 7.18. The average molecular weight is 732 g/mol. The molecule has 4 aromatic carbocycles. The lowest BCUT2D eigenvalue weighted by atomic mass is 10.0. The zero-order valence-corrected chi connectivity index (χ0v) is 32.1. The predicted molar refractivity (Wildman–Crippen MR) is 210 cm³/mol. The van der Waals surface area contributed by atoms with Crippen LogP contribution in [0.15, 0.2) is 97.1 Å². The number of aryl methyl sites for hydroxylation is 3. The molecule has 0 saturated carbocycles. The molecule has 10 heteroatoms. The minimum atomic E-state index is -0.813. The van der Waals surface area contributed by atoms with E-state index in [4.69, 9.17) is 24.8 Å². The summed E-state index contributed by atoms with van der Waals surface area (Å²) in [6.45, 7) is 11.1. The fourth-order valence-electron chi connectivity index (χ4n) is 4.48. The molecule has 0 bridgehead atoms. The van der Waals surface area contributed by atoms with Gasteiger partial charge in [0.15, 0.2) is 11.5 Å². The molecule has 4 aromatic rings. The van der Waals surface area contributed by atoms with E-state index >= 15 is 0 Å². The number of hydrogen-bond donors (Lipinski definition) is 4. The Bertz CT molecular complexity index is 1610. The molecule has 0 saturated heterocycles. The molecule has 5 rings (SSSR count).